The second kappa shape index (κ2) is 13.0. The maximum Gasteiger partial charge on any atom is 0.338 e. The van der Waals surface area contributed by atoms with Crippen LogP contribution in [0.2, 0.25) is 0 Å². The number of hydrogen-bond donors (Lipinski definition) is 1. The normalized spacial score (nSPS) is 16.4. The Balaban J connectivity index is 1.53. The third-order valence-electron chi connectivity index (χ3n) is 5.86. The standard InChI is InChI=1S/C29H28FN3O4S/c1-2-37-28(36)21-14-16-22(17-15-21)31-29-33(18-8-11-20-9-4-3-5-10-20)26(34)19-25(38-29)27(35)32-24-13-7-6-12-23(24)30/h3-7,9-10,12-17,25H,2,8,11,18-19H2,1H3,(H,32,35). The van der Waals surface area contributed by atoms with Gasteiger partial charge < -0.3 is 10.1 Å². The SMILES string of the molecule is CCOC(=O)c1ccc(N=C2SC(C(=O)Nc3ccccc3F)CC(=O)N2CCCc2ccccc2)cc1. The molecule has 0 spiro atoms. The van der Waals surface area contributed by atoms with Crippen molar-refractivity contribution in [3.8, 4) is 0 Å². The zero-order valence-electron chi connectivity index (χ0n) is 20.9. The number of nitrogens with one attached hydrogen (secondary N) is 1. The van der Waals surface area contributed by atoms with E-state index in [0.29, 0.717) is 29.4 Å². The molecule has 0 aliphatic carbocycles. The largest absolute Gasteiger partial charge is 0.462 e. The van der Waals surface area contributed by atoms with Gasteiger partial charge in [-0.25, -0.2) is 14.2 Å². The Morgan fingerprint density at radius 1 is 1.05 bits per heavy atom. The molecular formula is C29H28FN3O4S. The third-order valence-corrected chi connectivity index (χ3v) is 7.04. The Kier molecular flexibility index (Phi) is 9.26. The number of aliphatic imine (C=N–C) groups is 1. The van der Waals surface area contributed by atoms with E-state index in [9.17, 15) is 18.8 Å². The molecule has 1 saturated heterocycles. The Hall–Kier alpha value is -3.98. The van der Waals surface area contributed by atoms with Crippen LogP contribution in [0.15, 0.2) is 83.9 Å². The number of ether oxygens (including phenoxy) is 1. The minimum Gasteiger partial charge on any atom is -0.462 e. The fourth-order valence-corrected chi connectivity index (χ4v) is 5.04. The number of para-hydroxylation sites is 1. The smallest absolute Gasteiger partial charge is 0.338 e. The molecule has 1 N–H and O–H groups in total. The van der Waals surface area contributed by atoms with Crippen molar-refractivity contribution in [2.45, 2.75) is 31.4 Å². The first kappa shape index (κ1) is 27.1. The molecule has 2 amide bonds. The van der Waals surface area contributed by atoms with Crippen molar-refractivity contribution in [2.75, 3.05) is 18.5 Å². The Morgan fingerprint density at radius 2 is 1.76 bits per heavy atom. The third kappa shape index (κ3) is 7.07. The van der Waals surface area contributed by atoms with Crippen molar-refractivity contribution in [1.82, 2.24) is 4.90 Å². The quantitative estimate of drug-likeness (QED) is 0.362. The molecule has 0 bridgehead atoms. The summed E-state index contributed by atoms with van der Waals surface area (Å²) in [5.74, 6) is -1.68. The number of aryl methyl sites for hydroxylation is 1. The monoisotopic (exact) mass is 533 g/mol. The summed E-state index contributed by atoms with van der Waals surface area (Å²) in [7, 11) is 0. The summed E-state index contributed by atoms with van der Waals surface area (Å²) in [5, 5.41) is 2.19. The highest BCUT2D eigenvalue weighted by Crippen LogP contribution is 2.30. The van der Waals surface area contributed by atoms with Crippen LogP contribution in [0.1, 0.15) is 35.7 Å². The number of esters is 1. The van der Waals surface area contributed by atoms with Crippen LogP contribution in [0.4, 0.5) is 15.8 Å². The average molecular weight is 534 g/mol. The van der Waals surface area contributed by atoms with Gasteiger partial charge in [-0.15, -0.1) is 0 Å². The lowest BCUT2D eigenvalue weighted by molar-refractivity contribution is -0.129. The zero-order chi connectivity index (χ0) is 26.9. The van der Waals surface area contributed by atoms with Gasteiger partial charge in [-0.05, 0) is 61.7 Å². The molecule has 38 heavy (non-hydrogen) atoms. The van der Waals surface area contributed by atoms with Gasteiger partial charge in [0.2, 0.25) is 11.8 Å². The van der Waals surface area contributed by atoms with Gasteiger partial charge in [0.05, 0.1) is 23.5 Å². The van der Waals surface area contributed by atoms with Gasteiger partial charge in [-0.1, -0.05) is 54.2 Å². The Morgan fingerprint density at radius 3 is 2.47 bits per heavy atom. The molecule has 3 aromatic rings. The Bertz CT molecular complexity index is 1310. The van der Waals surface area contributed by atoms with Gasteiger partial charge in [0, 0.05) is 13.0 Å². The van der Waals surface area contributed by atoms with Gasteiger partial charge in [-0.2, -0.15) is 0 Å². The number of amides is 2. The number of anilines is 1. The molecule has 1 fully saturated rings. The summed E-state index contributed by atoms with van der Waals surface area (Å²) in [6.45, 7) is 2.44. The van der Waals surface area contributed by atoms with Crippen LogP contribution < -0.4 is 5.32 Å². The number of benzene rings is 3. The van der Waals surface area contributed by atoms with E-state index in [2.05, 4.69) is 10.3 Å². The molecule has 9 heteroatoms. The lowest BCUT2D eigenvalue weighted by Gasteiger charge is -2.32. The molecule has 1 aliphatic rings. The summed E-state index contributed by atoms with van der Waals surface area (Å²) >= 11 is 1.17. The molecule has 196 valence electrons. The highest BCUT2D eigenvalue weighted by atomic mass is 32.2. The van der Waals surface area contributed by atoms with Crippen LogP contribution in [0.3, 0.4) is 0 Å². The fourth-order valence-electron chi connectivity index (χ4n) is 3.92. The van der Waals surface area contributed by atoms with Crippen molar-refractivity contribution in [3.05, 3.63) is 95.8 Å². The fraction of sp³-hybridized carbons (Fsp3) is 0.241. The Labute approximate surface area is 225 Å². The molecule has 1 atom stereocenters. The topological polar surface area (TPSA) is 88.1 Å². The minimum absolute atomic E-state index is 0.0306. The number of halogens is 1. The first-order valence-electron chi connectivity index (χ1n) is 12.4. The van der Waals surface area contributed by atoms with E-state index < -0.39 is 22.9 Å². The molecule has 0 radical (unpaired) electrons. The van der Waals surface area contributed by atoms with Crippen molar-refractivity contribution < 1.29 is 23.5 Å². The van der Waals surface area contributed by atoms with Crippen molar-refractivity contribution in [2.24, 2.45) is 4.99 Å². The second-order valence-corrected chi connectivity index (χ2v) is 9.75. The van der Waals surface area contributed by atoms with E-state index in [0.717, 1.165) is 6.42 Å². The van der Waals surface area contributed by atoms with Crippen LogP contribution in [0.5, 0.6) is 0 Å². The summed E-state index contributed by atoms with van der Waals surface area (Å²) in [4.78, 5) is 44.4. The van der Waals surface area contributed by atoms with Crippen LogP contribution in [0, 0.1) is 5.82 Å². The predicted octanol–water partition coefficient (Wildman–Crippen LogP) is 5.60. The van der Waals surface area contributed by atoms with E-state index in [4.69, 9.17) is 4.74 Å². The predicted molar refractivity (Wildman–Crippen MR) is 147 cm³/mol. The molecule has 1 unspecified atom stereocenters. The number of thioether (sulfide) groups is 1. The van der Waals surface area contributed by atoms with Crippen LogP contribution in [0.25, 0.3) is 0 Å². The van der Waals surface area contributed by atoms with Gasteiger partial charge >= 0.3 is 5.97 Å². The number of carbonyl (C=O) groups excluding carboxylic acids is 3. The number of carbonyl (C=O) groups is 3. The molecule has 0 saturated carbocycles. The number of rotatable bonds is 9. The van der Waals surface area contributed by atoms with Crippen LogP contribution in [-0.2, 0) is 20.7 Å². The maximum atomic E-state index is 14.1. The van der Waals surface area contributed by atoms with E-state index >= 15 is 0 Å². The van der Waals surface area contributed by atoms with E-state index in [-0.39, 0.29) is 24.6 Å². The first-order valence-corrected chi connectivity index (χ1v) is 13.2. The molecule has 3 aromatic carbocycles. The van der Waals surface area contributed by atoms with E-state index in [1.807, 2.05) is 30.3 Å². The van der Waals surface area contributed by atoms with E-state index in [1.54, 1.807) is 42.2 Å². The van der Waals surface area contributed by atoms with Gasteiger partial charge in [0.25, 0.3) is 0 Å². The van der Waals surface area contributed by atoms with Gasteiger partial charge in [0.1, 0.15) is 11.1 Å². The number of hydrogen-bond acceptors (Lipinski definition) is 6. The molecule has 1 aliphatic heterocycles. The molecular weight excluding hydrogens is 505 g/mol. The van der Waals surface area contributed by atoms with Gasteiger partial charge in [-0.3, -0.25) is 14.5 Å². The van der Waals surface area contributed by atoms with E-state index in [1.165, 1.54) is 35.5 Å². The number of amidine groups is 1. The average Bonchev–Trinajstić information content (AvgIpc) is 2.92. The summed E-state index contributed by atoms with van der Waals surface area (Å²) in [6.07, 6.45) is 1.47. The highest BCUT2D eigenvalue weighted by molar-refractivity contribution is 8.15. The first-order chi connectivity index (χ1) is 18.4. The zero-order valence-corrected chi connectivity index (χ0v) is 21.7. The summed E-state index contributed by atoms with van der Waals surface area (Å²) < 4.78 is 19.1. The van der Waals surface area contributed by atoms with Crippen molar-refractivity contribution in [1.29, 1.82) is 0 Å². The molecule has 1 heterocycles. The van der Waals surface area contributed by atoms with Gasteiger partial charge in [0.15, 0.2) is 5.17 Å². The molecule has 4 rings (SSSR count). The molecule has 0 aromatic heterocycles. The minimum atomic E-state index is -0.773. The highest BCUT2D eigenvalue weighted by Gasteiger charge is 2.36. The van der Waals surface area contributed by atoms with Crippen molar-refractivity contribution >= 4 is 46.1 Å². The van der Waals surface area contributed by atoms with Crippen molar-refractivity contribution in [3.63, 3.8) is 0 Å². The summed E-state index contributed by atoms with van der Waals surface area (Å²) in [5.41, 5.74) is 2.14. The molecule has 7 nitrogen and oxygen atoms in total. The van der Waals surface area contributed by atoms with Crippen LogP contribution >= 0.6 is 11.8 Å². The lowest BCUT2D eigenvalue weighted by atomic mass is 10.1. The summed E-state index contributed by atoms with van der Waals surface area (Å²) in [6, 6.07) is 22.4. The van der Waals surface area contributed by atoms with Crippen LogP contribution in [-0.4, -0.2) is 46.3 Å². The lowest BCUT2D eigenvalue weighted by Crippen LogP contribution is -2.45. The second-order valence-electron chi connectivity index (χ2n) is 8.58. The maximum absolute atomic E-state index is 14.1. The number of nitrogens with zero attached hydrogens (tertiary/aromatic N) is 2.